The molecule has 0 aliphatic carbocycles. The number of benzene rings is 2. The van der Waals surface area contributed by atoms with Gasteiger partial charge in [0.2, 0.25) is 5.91 Å². The molecule has 1 amide bonds. The van der Waals surface area contributed by atoms with Crippen molar-refractivity contribution >= 4 is 34.1 Å². The quantitative estimate of drug-likeness (QED) is 0.730. The Morgan fingerprint density at radius 1 is 1.12 bits per heavy atom. The van der Waals surface area contributed by atoms with Gasteiger partial charge in [-0.2, -0.15) is 0 Å². The van der Waals surface area contributed by atoms with Crippen LogP contribution in [0.25, 0.3) is 10.9 Å². The van der Waals surface area contributed by atoms with Gasteiger partial charge in [-0.05, 0) is 49.4 Å². The molecule has 5 nitrogen and oxygen atoms in total. The highest BCUT2D eigenvalue weighted by molar-refractivity contribution is 6.31. The van der Waals surface area contributed by atoms with Gasteiger partial charge in [-0.3, -0.25) is 4.79 Å². The predicted molar refractivity (Wildman–Crippen MR) is 99.8 cm³/mol. The van der Waals surface area contributed by atoms with E-state index < -0.39 is 6.04 Å². The molecule has 0 fully saturated rings. The van der Waals surface area contributed by atoms with Gasteiger partial charge in [-0.1, -0.05) is 11.6 Å². The molecule has 0 aliphatic heterocycles. The van der Waals surface area contributed by atoms with Crippen LogP contribution in [0, 0.1) is 0 Å². The maximum absolute atomic E-state index is 12.7. The highest BCUT2D eigenvalue weighted by atomic mass is 35.5. The second-order valence-corrected chi connectivity index (χ2v) is 6.09. The number of nitrogens with zero attached hydrogens (tertiary/aromatic N) is 1. The second kappa shape index (κ2) is 7.07. The van der Waals surface area contributed by atoms with Crippen molar-refractivity contribution in [2.75, 3.05) is 19.5 Å². The molecule has 2 aromatic carbocycles. The van der Waals surface area contributed by atoms with E-state index in [1.165, 1.54) is 0 Å². The molecule has 0 bridgehead atoms. The van der Waals surface area contributed by atoms with Crippen LogP contribution in [-0.4, -0.2) is 24.7 Å². The predicted octanol–water partition coefficient (Wildman–Crippen LogP) is 4.51. The summed E-state index contributed by atoms with van der Waals surface area (Å²) in [5.74, 6) is 1.19. The van der Waals surface area contributed by atoms with Crippen molar-refractivity contribution in [1.29, 1.82) is 0 Å². The van der Waals surface area contributed by atoms with Crippen LogP contribution in [0.15, 0.2) is 48.7 Å². The van der Waals surface area contributed by atoms with E-state index in [0.29, 0.717) is 16.5 Å². The first-order valence-electron chi connectivity index (χ1n) is 7.82. The van der Waals surface area contributed by atoms with Crippen LogP contribution in [0.1, 0.15) is 13.0 Å². The summed E-state index contributed by atoms with van der Waals surface area (Å²) in [7, 11) is 3.18. The highest BCUT2D eigenvalue weighted by Crippen LogP contribution is 2.29. The molecule has 130 valence electrons. The summed E-state index contributed by atoms with van der Waals surface area (Å²) in [6, 6.07) is 12.4. The minimum Gasteiger partial charge on any atom is -0.497 e. The molecule has 25 heavy (non-hydrogen) atoms. The standard InChI is InChI=1S/C19H19ClN2O3/c1-12(19(23)21-16-11-14(20)4-7-18(16)25-3)22-9-8-13-10-15(24-2)5-6-17(13)22/h4-12H,1-3H3,(H,21,23). The van der Waals surface area contributed by atoms with Gasteiger partial charge in [0.1, 0.15) is 17.5 Å². The number of fused-ring (bicyclic) bond motifs is 1. The van der Waals surface area contributed by atoms with Crippen LogP contribution in [0.4, 0.5) is 5.69 Å². The number of hydrogen-bond donors (Lipinski definition) is 1. The van der Waals surface area contributed by atoms with E-state index in [4.69, 9.17) is 21.1 Å². The number of amides is 1. The molecule has 0 radical (unpaired) electrons. The summed E-state index contributed by atoms with van der Waals surface area (Å²) >= 11 is 6.02. The van der Waals surface area contributed by atoms with Crippen molar-refractivity contribution in [1.82, 2.24) is 4.57 Å². The van der Waals surface area contributed by atoms with Crippen LogP contribution in [0.3, 0.4) is 0 Å². The lowest BCUT2D eigenvalue weighted by Gasteiger charge is -2.17. The smallest absolute Gasteiger partial charge is 0.247 e. The first-order valence-corrected chi connectivity index (χ1v) is 8.20. The fourth-order valence-corrected chi connectivity index (χ4v) is 2.92. The van der Waals surface area contributed by atoms with Crippen LogP contribution in [-0.2, 0) is 4.79 Å². The van der Waals surface area contributed by atoms with Crippen LogP contribution >= 0.6 is 11.6 Å². The molecule has 3 aromatic rings. The third-order valence-corrected chi connectivity index (χ3v) is 4.38. The van der Waals surface area contributed by atoms with E-state index in [2.05, 4.69) is 5.32 Å². The number of nitrogens with one attached hydrogen (secondary N) is 1. The monoisotopic (exact) mass is 358 g/mol. The lowest BCUT2D eigenvalue weighted by Crippen LogP contribution is -2.23. The van der Waals surface area contributed by atoms with Crippen molar-refractivity contribution in [3.63, 3.8) is 0 Å². The minimum atomic E-state index is -0.408. The lowest BCUT2D eigenvalue weighted by molar-refractivity contribution is -0.118. The van der Waals surface area contributed by atoms with Gasteiger partial charge in [0.15, 0.2) is 0 Å². The lowest BCUT2D eigenvalue weighted by atomic mass is 10.2. The van der Waals surface area contributed by atoms with Crippen molar-refractivity contribution in [2.24, 2.45) is 0 Å². The number of ether oxygens (including phenoxy) is 2. The van der Waals surface area contributed by atoms with Crippen LogP contribution in [0.2, 0.25) is 5.02 Å². The van der Waals surface area contributed by atoms with Crippen molar-refractivity contribution in [2.45, 2.75) is 13.0 Å². The Hall–Kier alpha value is -2.66. The molecule has 0 saturated carbocycles. The Bertz CT molecular complexity index is 920. The van der Waals surface area contributed by atoms with Gasteiger partial charge in [-0.15, -0.1) is 0 Å². The molecule has 1 heterocycles. The first-order chi connectivity index (χ1) is 12.0. The SMILES string of the molecule is COc1ccc2c(ccn2C(C)C(=O)Nc2cc(Cl)ccc2OC)c1. The van der Waals surface area contributed by atoms with Gasteiger partial charge < -0.3 is 19.4 Å². The Morgan fingerprint density at radius 2 is 1.92 bits per heavy atom. The van der Waals surface area contributed by atoms with Crippen molar-refractivity contribution < 1.29 is 14.3 Å². The summed E-state index contributed by atoms with van der Waals surface area (Å²) in [5.41, 5.74) is 1.51. The Balaban J connectivity index is 1.87. The number of carbonyl (C=O) groups is 1. The number of aromatic nitrogens is 1. The van der Waals surface area contributed by atoms with E-state index >= 15 is 0 Å². The Labute approximate surface area is 151 Å². The summed E-state index contributed by atoms with van der Waals surface area (Å²) in [5, 5.41) is 4.43. The topological polar surface area (TPSA) is 52.5 Å². The Kier molecular flexibility index (Phi) is 4.86. The molecule has 6 heteroatoms. The van der Waals surface area contributed by atoms with Gasteiger partial charge in [0, 0.05) is 22.1 Å². The molecular formula is C19H19ClN2O3. The zero-order chi connectivity index (χ0) is 18.0. The minimum absolute atomic E-state index is 0.158. The number of hydrogen-bond acceptors (Lipinski definition) is 3. The van der Waals surface area contributed by atoms with Gasteiger partial charge in [-0.25, -0.2) is 0 Å². The number of halogens is 1. The molecule has 1 aromatic heterocycles. The molecule has 0 saturated heterocycles. The molecule has 1 atom stereocenters. The van der Waals surface area contributed by atoms with E-state index in [1.807, 2.05) is 42.0 Å². The molecule has 0 spiro atoms. The summed E-state index contributed by atoms with van der Waals surface area (Å²) in [4.78, 5) is 12.7. The van der Waals surface area contributed by atoms with E-state index in [0.717, 1.165) is 16.7 Å². The number of methoxy groups -OCH3 is 2. The third-order valence-electron chi connectivity index (χ3n) is 4.14. The van der Waals surface area contributed by atoms with Gasteiger partial charge in [0.25, 0.3) is 0 Å². The number of anilines is 1. The number of carbonyl (C=O) groups excluding carboxylic acids is 1. The maximum atomic E-state index is 12.7. The van der Waals surface area contributed by atoms with Gasteiger partial charge in [0.05, 0.1) is 19.9 Å². The zero-order valence-electron chi connectivity index (χ0n) is 14.2. The fraction of sp³-hybridized carbons (Fsp3) is 0.211. The van der Waals surface area contributed by atoms with E-state index in [1.54, 1.807) is 32.4 Å². The van der Waals surface area contributed by atoms with Crippen molar-refractivity contribution in [3.8, 4) is 11.5 Å². The first kappa shape index (κ1) is 17.2. The number of rotatable bonds is 5. The van der Waals surface area contributed by atoms with Crippen LogP contribution in [0.5, 0.6) is 11.5 Å². The zero-order valence-corrected chi connectivity index (χ0v) is 15.0. The Morgan fingerprint density at radius 3 is 2.64 bits per heavy atom. The summed E-state index contributed by atoms with van der Waals surface area (Å²) < 4.78 is 12.4. The summed E-state index contributed by atoms with van der Waals surface area (Å²) in [6.45, 7) is 1.84. The molecule has 0 aliphatic rings. The second-order valence-electron chi connectivity index (χ2n) is 5.66. The molecular weight excluding hydrogens is 340 g/mol. The van der Waals surface area contributed by atoms with E-state index in [9.17, 15) is 4.79 Å². The fourth-order valence-electron chi connectivity index (χ4n) is 2.75. The average Bonchev–Trinajstić information content (AvgIpc) is 3.04. The molecule has 1 unspecified atom stereocenters. The third kappa shape index (κ3) is 3.42. The van der Waals surface area contributed by atoms with E-state index in [-0.39, 0.29) is 5.91 Å². The molecule has 1 N–H and O–H groups in total. The normalized spacial score (nSPS) is 12.0. The van der Waals surface area contributed by atoms with Crippen molar-refractivity contribution in [3.05, 3.63) is 53.7 Å². The highest BCUT2D eigenvalue weighted by Gasteiger charge is 2.18. The maximum Gasteiger partial charge on any atom is 0.247 e. The van der Waals surface area contributed by atoms with Gasteiger partial charge >= 0.3 is 0 Å². The largest absolute Gasteiger partial charge is 0.497 e. The molecule has 3 rings (SSSR count). The van der Waals surface area contributed by atoms with Crippen LogP contribution < -0.4 is 14.8 Å². The average molecular weight is 359 g/mol. The summed E-state index contributed by atoms with van der Waals surface area (Å²) in [6.07, 6.45) is 1.89.